The fourth-order valence-electron chi connectivity index (χ4n) is 2.81. The molecule has 0 saturated carbocycles. The number of imidazole rings is 1. The monoisotopic (exact) mass is 320 g/mol. The van der Waals surface area contributed by atoms with Gasteiger partial charge in [-0.05, 0) is 37.5 Å². The summed E-state index contributed by atoms with van der Waals surface area (Å²) in [7, 11) is 0. The maximum Gasteiger partial charge on any atom is 0.186 e. The van der Waals surface area contributed by atoms with Crippen LogP contribution in [0.5, 0.6) is 0 Å². The first-order chi connectivity index (χ1) is 10.7. The highest BCUT2D eigenvalue weighted by Gasteiger charge is 2.37. The van der Waals surface area contributed by atoms with Gasteiger partial charge in [-0.25, -0.2) is 4.98 Å². The minimum Gasteiger partial charge on any atom is -0.348 e. The third-order valence-electron chi connectivity index (χ3n) is 4.00. The fraction of sp³-hybridized carbons (Fsp3) is 0.471. The minimum atomic E-state index is -0.585. The van der Waals surface area contributed by atoms with Crippen molar-refractivity contribution < 1.29 is 9.47 Å². The predicted molar refractivity (Wildman–Crippen MR) is 85.8 cm³/mol. The van der Waals surface area contributed by atoms with E-state index in [1.165, 1.54) is 5.56 Å². The number of benzene rings is 1. The van der Waals surface area contributed by atoms with Crippen molar-refractivity contribution in [3.8, 4) is 0 Å². The van der Waals surface area contributed by atoms with Crippen molar-refractivity contribution in [3.63, 3.8) is 0 Å². The van der Waals surface area contributed by atoms with E-state index in [9.17, 15) is 0 Å². The maximum atomic E-state index is 6.20. The molecule has 0 bridgehead atoms. The van der Waals surface area contributed by atoms with Gasteiger partial charge in [-0.1, -0.05) is 23.7 Å². The normalized spacial score (nSPS) is 25.3. The number of aromatic nitrogens is 2. The summed E-state index contributed by atoms with van der Waals surface area (Å²) in [5.74, 6) is -0.585. The Morgan fingerprint density at radius 1 is 1.36 bits per heavy atom. The summed E-state index contributed by atoms with van der Waals surface area (Å²) >= 11 is 5.94. The van der Waals surface area contributed by atoms with E-state index in [0.29, 0.717) is 6.54 Å². The second-order valence-electron chi connectivity index (χ2n) is 5.84. The first-order valence-electron chi connectivity index (χ1n) is 7.67. The molecule has 2 atom stereocenters. The quantitative estimate of drug-likeness (QED) is 0.843. The Bertz CT molecular complexity index is 585. The average Bonchev–Trinajstić information content (AvgIpc) is 2.99. The zero-order valence-electron chi connectivity index (χ0n) is 12.7. The summed E-state index contributed by atoms with van der Waals surface area (Å²) in [6.07, 6.45) is 8.36. The Morgan fingerprint density at radius 2 is 2.18 bits per heavy atom. The van der Waals surface area contributed by atoms with Crippen LogP contribution in [-0.2, 0) is 22.4 Å². The van der Waals surface area contributed by atoms with Crippen molar-refractivity contribution in [3.05, 3.63) is 53.6 Å². The summed E-state index contributed by atoms with van der Waals surface area (Å²) in [5.41, 5.74) is 1.24. The Balaban J connectivity index is 1.71. The van der Waals surface area contributed by atoms with Crippen molar-refractivity contribution in [2.24, 2.45) is 0 Å². The Morgan fingerprint density at radius 3 is 2.86 bits per heavy atom. The molecule has 22 heavy (non-hydrogen) atoms. The highest BCUT2D eigenvalue weighted by molar-refractivity contribution is 6.30. The third kappa shape index (κ3) is 3.88. The van der Waals surface area contributed by atoms with E-state index < -0.39 is 5.79 Å². The Hall–Kier alpha value is -1.36. The molecule has 1 aromatic carbocycles. The second-order valence-corrected chi connectivity index (χ2v) is 6.27. The third-order valence-corrected chi connectivity index (χ3v) is 4.25. The van der Waals surface area contributed by atoms with Crippen LogP contribution >= 0.6 is 11.6 Å². The molecular weight excluding hydrogens is 300 g/mol. The molecule has 1 saturated heterocycles. The van der Waals surface area contributed by atoms with Gasteiger partial charge < -0.3 is 14.0 Å². The number of aryl methyl sites for hydroxylation is 1. The van der Waals surface area contributed by atoms with Gasteiger partial charge in [-0.15, -0.1) is 0 Å². The van der Waals surface area contributed by atoms with Crippen LogP contribution in [0.3, 0.4) is 0 Å². The van der Waals surface area contributed by atoms with Crippen LogP contribution in [0.1, 0.15) is 25.3 Å². The van der Waals surface area contributed by atoms with Crippen LogP contribution in [0.2, 0.25) is 5.02 Å². The van der Waals surface area contributed by atoms with Crippen LogP contribution in [0, 0.1) is 0 Å². The number of nitrogens with zero attached hydrogens (tertiary/aromatic N) is 2. The Kier molecular flexibility index (Phi) is 4.81. The lowest BCUT2D eigenvalue weighted by Gasteiger charge is -2.40. The van der Waals surface area contributed by atoms with Gasteiger partial charge >= 0.3 is 0 Å². The van der Waals surface area contributed by atoms with E-state index in [-0.39, 0.29) is 6.10 Å². The lowest BCUT2D eigenvalue weighted by atomic mass is 10.0. The number of halogens is 1. The lowest BCUT2D eigenvalue weighted by Crippen LogP contribution is -2.47. The molecule has 1 aromatic heterocycles. The molecule has 118 valence electrons. The Labute approximate surface area is 136 Å². The van der Waals surface area contributed by atoms with Crippen molar-refractivity contribution >= 4 is 11.6 Å². The molecule has 0 N–H and O–H groups in total. The van der Waals surface area contributed by atoms with Gasteiger partial charge in [0, 0.05) is 23.8 Å². The smallest absolute Gasteiger partial charge is 0.186 e. The minimum absolute atomic E-state index is 0.211. The molecule has 1 aliphatic rings. The predicted octanol–water partition coefficient (Wildman–Crippen LogP) is 3.69. The zero-order chi connectivity index (χ0) is 15.4. The van der Waals surface area contributed by atoms with Gasteiger partial charge in [0.25, 0.3) is 0 Å². The van der Waals surface area contributed by atoms with Gasteiger partial charge in [0.05, 0.1) is 25.6 Å². The molecule has 0 spiro atoms. The highest BCUT2D eigenvalue weighted by Crippen LogP contribution is 2.30. The first-order valence-corrected chi connectivity index (χ1v) is 8.05. The number of hydrogen-bond donors (Lipinski definition) is 0. The number of hydrogen-bond acceptors (Lipinski definition) is 3. The van der Waals surface area contributed by atoms with Gasteiger partial charge in [0.2, 0.25) is 0 Å². The van der Waals surface area contributed by atoms with Crippen LogP contribution in [0.4, 0.5) is 0 Å². The molecule has 0 amide bonds. The molecular formula is C17H21ClN2O2. The van der Waals surface area contributed by atoms with Crippen LogP contribution in [0.25, 0.3) is 0 Å². The average molecular weight is 321 g/mol. The van der Waals surface area contributed by atoms with Crippen molar-refractivity contribution in [2.45, 2.75) is 44.6 Å². The molecule has 2 unspecified atom stereocenters. The van der Waals surface area contributed by atoms with Gasteiger partial charge in [0.15, 0.2) is 5.79 Å². The number of rotatable bonds is 5. The van der Waals surface area contributed by atoms with E-state index >= 15 is 0 Å². The van der Waals surface area contributed by atoms with Crippen molar-refractivity contribution in [1.29, 1.82) is 0 Å². The highest BCUT2D eigenvalue weighted by atomic mass is 35.5. The molecule has 0 aliphatic carbocycles. The largest absolute Gasteiger partial charge is 0.348 e. The number of ether oxygens (including phenoxy) is 2. The van der Waals surface area contributed by atoms with E-state index in [1.807, 2.05) is 22.9 Å². The van der Waals surface area contributed by atoms with E-state index in [2.05, 4.69) is 24.0 Å². The zero-order valence-corrected chi connectivity index (χ0v) is 13.5. The molecule has 0 radical (unpaired) electrons. The molecule has 5 heteroatoms. The standard InChI is InChI=1S/C17H21ClN2O2/c1-14-7-11-21-17(22-14,12-20-10-9-19-13-20)8-6-15-2-4-16(18)5-3-15/h2-5,9-10,13-14H,6-8,11-12H2,1H3. The van der Waals surface area contributed by atoms with Crippen LogP contribution in [-0.4, -0.2) is 28.0 Å². The fourth-order valence-corrected chi connectivity index (χ4v) is 2.93. The van der Waals surface area contributed by atoms with E-state index in [4.69, 9.17) is 21.1 Å². The maximum absolute atomic E-state index is 6.20. The summed E-state index contributed by atoms with van der Waals surface area (Å²) in [5, 5.41) is 0.760. The summed E-state index contributed by atoms with van der Waals surface area (Å²) in [4.78, 5) is 4.10. The second kappa shape index (κ2) is 6.82. The van der Waals surface area contributed by atoms with Crippen molar-refractivity contribution in [2.75, 3.05) is 6.61 Å². The molecule has 4 nitrogen and oxygen atoms in total. The van der Waals surface area contributed by atoms with Crippen LogP contribution in [0.15, 0.2) is 43.0 Å². The molecule has 1 fully saturated rings. The van der Waals surface area contributed by atoms with Gasteiger partial charge in [-0.2, -0.15) is 0 Å². The molecule has 2 aromatic rings. The lowest BCUT2D eigenvalue weighted by molar-refractivity contribution is -0.298. The molecule has 1 aliphatic heterocycles. The van der Waals surface area contributed by atoms with Gasteiger partial charge in [0.1, 0.15) is 0 Å². The first kappa shape index (κ1) is 15.5. The van der Waals surface area contributed by atoms with E-state index in [1.54, 1.807) is 12.5 Å². The van der Waals surface area contributed by atoms with E-state index in [0.717, 1.165) is 30.9 Å². The van der Waals surface area contributed by atoms with Crippen LogP contribution < -0.4 is 0 Å². The summed E-state index contributed by atoms with van der Waals surface area (Å²) in [6, 6.07) is 7.95. The summed E-state index contributed by atoms with van der Waals surface area (Å²) in [6.45, 7) is 3.49. The molecule has 2 heterocycles. The molecule has 3 rings (SSSR count). The van der Waals surface area contributed by atoms with Crippen molar-refractivity contribution in [1.82, 2.24) is 9.55 Å². The summed E-state index contributed by atoms with van der Waals surface area (Å²) < 4.78 is 14.3. The SMILES string of the molecule is CC1CCOC(CCc2ccc(Cl)cc2)(Cn2ccnc2)O1. The topological polar surface area (TPSA) is 36.3 Å². The van der Waals surface area contributed by atoms with Gasteiger partial charge in [-0.3, -0.25) is 0 Å².